The van der Waals surface area contributed by atoms with Crippen LogP contribution in [0.2, 0.25) is 0 Å². The van der Waals surface area contributed by atoms with Gasteiger partial charge in [-0.15, -0.1) is 0 Å². The van der Waals surface area contributed by atoms with Gasteiger partial charge in [0.25, 0.3) is 0 Å². The second kappa shape index (κ2) is 8.38. The van der Waals surface area contributed by atoms with Crippen molar-refractivity contribution in [3.05, 3.63) is 35.9 Å². The van der Waals surface area contributed by atoms with Crippen molar-refractivity contribution >= 4 is 12.0 Å². The first-order valence-corrected chi connectivity index (χ1v) is 7.65. The van der Waals surface area contributed by atoms with Gasteiger partial charge in [-0.25, -0.2) is 4.79 Å². The summed E-state index contributed by atoms with van der Waals surface area (Å²) in [5.41, 5.74) is 6.24. The normalized spacial score (nSPS) is 17.9. The van der Waals surface area contributed by atoms with Crippen LogP contribution in [0.4, 0.5) is 4.79 Å². The molecular weight excluding hydrogens is 282 g/mol. The van der Waals surface area contributed by atoms with E-state index in [0.29, 0.717) is 13.1 Å². The average molecular weight is 305 g/mol. The molecule has 1 atom stereocenters. The number of nitrogens with one attached hydrogen (secondary N) is 1. The molecule has 0 saturated carbocycles. The van der Waals surface area contributed by atoms with E-state index >= 15 is 0 Å². The lowest BCUT2D eigenvalue weighted by atomic mass is 10.0. The molecular formula is C16H23N3O3. The van der Waals surface area contributed by atoms with E-state index in [2.05, 4.69) is 5.32 Å². The largest absolute Gasteiger partial charge is 0.445 e. The molecule has 1 aromatic rings. The van der Waals surface area contributed by atoms with Crippen LogP contribution in [-0.4, -0.2) is 42.6 Å². The lowest BCUT2D eigenvalue weighted by Gasteiger charge is -2.35. The van der Waals surface area contributed by atoms with E-state index in [1.807, 2.05) is 30.3 Å². The predicted octanol–water partition coefficient (Wildman–Crippen LogP) is 1.25. The van der Waals surface area contributed by atoms with Crippen molar-refractivity contribution in [2.45, 2.75) is 31.9 Å². The quantitative estimate of drug-likeness (QED) is 0.857. The highest BCUT2D eigenvalue weighted by Crippen LogP contribution is 2.18. The molecule has 0 aliphatic carbocycles. The highest BCUT2D eigenvalue weighted by Gasteiger charge is 2.28. The van der Waals surface area contributed by atoms with Gasteiger partial charge in [-0.2, -0.15) is 0 Å². The molecule has 0 radical (unpaired) electrons. The molecule has 2 amide bonds. The summed E-state index contributed by atoms with van der Waals surface area (Å²) < 4.78 is 5.38. The number of carbonyl (C=O) groups is 2. The number of rotatable bonds is 5. The van der Waals surface area contributed by atoms with E-state index in [9.17, 15) is 9.59 Å². The van der Waals surface area contributed by atoms with Crippen LogP contribution >= 0.6 is 0 Å². The second-order valence-electron chi connectivity index (χ2n) is 5.39. The number of hydrogen-bond donors (Lipinski definition) is 2. The zero-order valence-electron chi connectivity index (χ0n) is 12.7. The summed E-state index contributed by atoms with van der Waals surface area (Å²) in [7, 11) is 0. The van der Waals surface area contributed by atoms with Crippen LogP contribution in [0.3, 0.4) is 0 Å². The minimum absolute atomic E-state index is 0.0208. The molecule has 120 valence electrons. The number of nitrogens with two attached hydrogens (primary N) is 1. The fourth-order valence-electron chi connectivity index (χ4n) is 2.56. The molecule has 3 N–H and O–H groups in total. The average Bonchev–Trinajstić information content (AvgIpc) is 2.58. The monoisotopic (exact) mass is 305 g/mol. The molecule has 2 rings (SSSR count). The Morgan fingerprint density at radius 3 is 2.77 bits per heavy atom. The van der Waals surface area contributed by atoms with Crippen molar-refractivity contribution in [2.75, 3.05) is 19.6 Å². The third kappa shape index (κ3) is 4.73. The van der Waals surface area contributed by atoms with E-state index in [0.717, 1.165) is 24.8 Å². The predicted molar refractivity (Wildman–Crippen MR) is 83.0 cm³/mol. The van der Waals surface area contributed by atoms with E-state index < -0.39 is 0 Å². The van der Waals surface area contributed by atoms with E-state index in [1.54, 1.807) is 4.90 Å². The van der Waals surface area contributed by atoms with Crippen LogP contribution in [0, 0.1) is 0 Å². The van der Waals surface area contributed by atoms with E-state index in [4.69, 9.17) is 10.5 Å². The molecule has 0 unspecified atom stereocenters. The van der Waals surface area contributed by atoms with Crippen LogP contribution < -0.4 is 11.1 Å². The van der Waals surface area contributed by atoms with Gasteiger partial charge in [-0.3, -0.25) is 4.79 Å². The molecule has 22 heavy (non-hydrogen) atoms. The number of benzene rings is 1. The third-order valence-corrected chi connectivity index (χ3v) is 3.79. The third-order valence-electron chi connectivity index (χ3n) is 3.79. The Labute approximate surface area is 130 Å². The van der Waals surface area contributed by atoms with Crippen molar-refractivity contribution < 1.29 is 14.3 Å². The number of piperidine rings is 1. The van der Waals surface area contributed by atoms with Crippen LogP contribution in [0.1, 0.15) is 24.8 Å². The SMILES string of the molecule is NCC(=O)NC[C@H]1CCCCN1C(=O)OCc1ccccc1. The Morgan fingerprint density at radius 1 is 1.27 bits per heavy atom. The minimum Gasteiger partial charge on any atom is -0.445 e. The van der Waals surface area contributed by atoms with Gasteiger partial charge in [-0.1, -0.05) is 30.3 Å². The van der Waals surface area contributed by atoms with Gasteiger partial charge in [0.2, 0.25) is 5.91 Å². The number of hydrogen-bond acceptors (Lipinski definition) is 4. The standard InChI is InChI=1S/C16H23N3O3/c17-10-15(20)18-11-14-8-4-5-9-19(14)16(21)22-12-13-6-2-1-3-7-13/h1-3,6-7,14H,4-5,8-12,17H2,(H,18,20)/t14-/m1/s1. The maximum Gasteiger partial charge on any atom is 0.410 e. The van der Waals surface area contributed by atoms with E-state index in [-0.39, 0.29) is 31.2 Å². The Bertz CT molecular complexity index is 493. The van der Waals surface area contributed by atoms with Crippen LogP contribution in [-0.2, 0) is 16.1 Å². The second-order valence-corrected chi connectivity index (χ2v) is 5.39. The molecule has 1 aliphatic heterocycles. The summed E-state index contributed by atoms with van der Waals surface area (Å²) in [5.74, 6) is -0.205. The summed E-state index contributed by atoms with van der Waals surface area (Å²) in [6.45, 7) is 1.32. The number of amides is 2. The summed E-state index contributed by atoms with van der Waals surface area (Å²) in [4.78, 5) is 25.2. The van der Waals surface area contributed by atoms with Crippen molar-refractivity contribution in [3.63, 3.8) is 0 Å². The lowest BCUT2D eigenvalue weighted by molar-refractivity contribution is -0.120. The van der Waals surface area contributed by atoms with Crippen molar-refractivity contribution in [1.29, 1.82) is 0 Å². The van der Waals surface area contributed by atoms with Crippen molar-refractivity contribution in [2.24, 2.45) is 5.73 Å². The number of carbonyl (C=O) groups excluding carboxylic acids is 2. The fourth-order valence-corrected chi connectivity index (χ4v) is 2.56. The maximum atomic E-state index is 12.3. The highest BCUT2D eigenvalue weighted by atomic mass is 16.6. The molecule has 1 aromatic carbocycles. The van der Waals surface area contributed by atoms with Gasteiger partial charge < -0.3 is 20.7 Å². The summed E-state index contributed by atoms with van der Waals surface area (Å²) in [6.07, 6.45) is 2.55. The van der Waals surface area contributed by atoms with Crippen molar-refractivity contribution in [3.8, 4) is 0 Å². The van der Waals surface area contributed by atoms with Gasteiger partial charge >= 0.3 is 6.09 Å². The van der Waals surface area contributed by atoms with Crippen LogP contribution in [0.15, 0.2) is 30.3 Å². The van der Waals surface area contributed by atoms with Gasteiger partial charge in [-0.05, 0) is 24.8 Å². The zero-order valence-corrected chi connectivity index (χ0v) is 12.7. The Kier molecular flexibility index (Phi) is 6.21. The number of nitrogens with zero attached hydrogens (tertiary/aromatic N) is 1. The smallest absolute Gasteiger partial charge is 0.410 e. The highest BCUT2D eigenvalue weighted by molar-refractivity contribution is 5.77. The first-order chi connectivity index (χ1) is 10.7. The Balaban J connectivity index is 1.86. The van der Waals surface area contributed by atoms with Gasteiger partial charge in [0.05, 0.1) is 12.6 Å². The first-order valence-electron chi connectivity index (χ1n) is 7.65. The van der Waals surface area contributed by atoms with Crippen LogP contribution in [0.5, 0.6) is 0 Å². The molecule has 1 heterocycles. The van der Waals surface area contributed by atoms with Gasteiger partial charge in [0, 0.05) is 13.1 Å². The zero-order chi connectivity index (χ0) is 15.8. The Morgan fingerprint density at radius 2 is 2.05 bits per heavy atom. The van der Waals surface area contributed by atoms with Crippen molar-refractivity contribution in [1.82, 2.24) is 10.2 Å². The number of likely N-dealkylation sites (tertiary alicyclic amines) is 1. The molecule has 1 fully saturated rings. The molecule has 1 aliphatic rings. The summed E-state index contributed by atoms with van der Waals surface area (Å²) in [5, 5.41) is 2.75. The summed E-state index contributed by atoms with van der Waals surface area (Å²) >= 11 is 0. The molecule has 0 bridgehead atoms. The Hall–Kier alpha value is -2.08. The van der Waals surface area contributed by atoms with Crippen LogP contribution in [0.25, 0.3) is 0 Å². The number of ether oxygens (including phenoxy) is 1. The van der Waals surface area contributed by atoms with Gasteiger partial charge in [0.1, 0.15) is 6.61 Å². The maximum absolute atomic E-state index is 12.3. The minimum atomic E-state index is -0.324. The molecule has 6 nitrogen and oxygen atoms in total. The fraction of sp³-hybridized carbons (Fsp3) is 0.500. The van der Waals surface area contributed by atoms with E-state index in [1.165, 1.54) is 0 Å². The first kappa shape index (κ1) is 16.3. The topological polar surface area (TPSA) is 84.7 Å². The molecule has 0 aromatic heterocycles. The molecule has 6 heteroatoms. The lowest BCUT2D eigenvalue weighted by Crippen LogP contribution is -2.50. The summed E-state index contributed by atoms with van der Waals surface area (Å²) in [6, 6.07) is 9.56. The molecule has 0 spiro atoms. The van der Waals surface area contributed by atoms with Gasteiger partial charge in [0.15, 0.2) is 0 Å². The molecule has 1 saturated heterocycles.